The lowest BCUT2D eigenvalue weighted by Crippen LogP contribution is -2.26. The molecule has 1 unspecified atom stereocenters. The summed E-state index contributed by atoms with van der Waals surface area (Å²) >= 11 is 0. The number of nitrogens with zero attached hydrogens (tertiary/aromatic N) is 1. The van der Waals surface area contributed by atoms with Gasteiger partial charge in [-0.2, -0.15) is 0 Å². The molecule has 6 aromatic rings. The van der Waals surface area contributed by atoms with Gasteiger partial charge in [-0.25, -0.2) is 0 Å². The number of methoxy groups -OCH3 is 2. The van der Waals surface area contributed by atoms with Gasteiger partial charge in [-0.15, -0.1) is 0 Å². The number of aromatic nitrogens is 1. The van der Waals surface area contributed by atoms with E-state index in [4.69, 9.17) is 9.47 Å². The quantitative estimate of drug-likeness (QED) is 0.207. The molecule has 5 aromatic carbocycles. The summed E-state index contributed by atoms with van der Waals surface area (Å²) < 4.78 is 11.6. The smallest absolute Gasteiger partial charge is 0.161 e. The molecule has 2 aliphatic carbocycles. The lowest BCUT2D eigenvalue weighted by atomic mass is 9.70. The number of hydrogen-bond acceptors (Lipinski definition) is 5. The van der Waals surface area contributed by atoms with Gasteiger partial charge in [0.05, 0.1) is 38.5 Å². The third-order valence-corrected chi connectivity index (χ3v) is 9.50. The van der Waals surface area contributed by atoms with E-state index in [0.717, 1.165) is 55.8 Å². The zero-order valence-electron chi connectivity index (χ0n) is 25.0. The highest BCUT2D eigenvalue weighted by Crippen LogP contribution is 2.64. The van der Waals surface area contributed by atoms with Crippen LogP contribution >= 0.6 is 0 Å². The number of hydrogen-bond donors (Lipinski definition) is 2. The minimum absolute atomic E-state index is 0.160. The van der Waals surface area contributed by atoms with Crippen LogP contribution in [0.2, 0.25) is 0 Å². The number of pyridine rings is 1. The third-order valence-electron chi connectivity index (χ3n) is 9.50. The maximum Gasteiger partial charge on any atom is 0.161 e. The van der Waals surface area contributed by atoms with Gasteiger partial charge in [-0.1, -0.05) is 66.7 Å². The van der Waals surface area contributed by atoms with Crippen molar-refractivity contribution in [1.29, 1.82) is 0 Å². The van der Waals surface area contributed by atoms with Gasteiger partial charge in [0, 0.05) is 11.8 Å². The fourth-order valence-electron chi connectivity index (χ4n) is 7.51. The molecule has 220 valence electrons. The molecule has 2 aliphatic rings. The molecule has 45 heavy (non-hydrogen) atoms. The lowest BCUT2D eigenvalue weighted by Gasteiger charge is -2.31. The minimum Gasteiger partial charge on any atom is -0.493 e. The van der Waals surface area contributed by atoms with Gasteiger partial charge in [-0.3, -0.25) is 4.98 Å². The minimum atomic E-state index is -0.650. The molecule has 2 N–H and O–H groups in total. The topological polar surface area (TPSA) is 71.8 Å². The molecule has 1 aromatic heterocycles. The zero-order valence-corrected chi connectivity index (χ0v) is 25.0. The van der Waals surface area contributed by atoms with Gasteiger partial charge in [0.1, 0.15) is 0 Å². The first-order valence-electron chi connectivity index (χ1n) is 15.0. The van der Waals surface area contributed by atoms with E-state index in [2.05, 4.69) is 83.8 Å². The van der Waals surface area contributed by atoms with Crippen molar-refractivity contribution in [2.24, 2.45) is 0 Å². The molecule has 1 spiro atoms. The number of ether oxygens (including phenoxy) is 2. The van der Waals surface area contributed by atoms with Crippen molar-refractivity contribution in [2.45, 2.75) is 18.6 Å². The van der Waals surface area contributed by atoms with Crippen molar-refractivity contribution in [3.8, 4) is 56.1 Å². The predicted octanol–water partition coefficient (Wildman–Crippen LogP) is 7.76. The highest BCUT2D eigenvalue weighted by Gasteiger charge is 2.52. The molecule has 0 radical (unpaired) electrons. The first-order valence-corrected chi connectivity index (χ1v) is 15.0. The summed E-state index contributed by atoms with van der Waals surface area (Å²) in [6.45, 7) is -0.324. The van der Waals surface area contributed by atoms with Gasteiger partial charge >= 0.3 is 0 Å². The summed E-state index contributed by atoms with van der Waals surface area (Å²) in [6.07, 6.45) is 1.82. The van der Waals surface area contributed by atoms with Crippen LogP contribution in [0.25, 0.3) is 44.6 Å². The monoisotopic (exact) mass is 589 g/mol. The van der Waals surface area contributed by atoms with Crippen molar-refractivity contribution in [2.75, 3.05) is 14.2 Å². The standard InChI is InChI=1S/C40H31NO4/c1-44-38-20-32-31-18-27(22-42)28(23-43)19-35(31)40(36(32)21-39(38)45-2)33-11-4-3-10-29(33)30-17-25(13-14-34(30)40)24-8-7-9-26(16-24)37-12-5-6-15-41-37/h3-21,42-43H,22-23H2,1-2H3. The Hall–Kier alpha value is -5.23. The summed E-state index contributed by atoms with van der Waals surface area (Å²) in [5.74, 6) is 1.30. The molecule has 1 heterocycles. The lowest BCUT2D eigenvalue weighted by molar-refractivity contribution is 0.260. The van der Waals surface area contributed by atoms with E-state index >= 15 is 0 Å². The van der Waals surface area contributed by atoms with Gasteiger partial charge in [0.25, 0.3) is 0 Å². The van der Waals surface area contributed by atoms with Crippen molar-refractivity contribution in [3.63, 3.8) is 0 Å². The molecule has 0 saturated heterocycles. The molecule has 1 atom stereocenters. The van der Waals surface area contributed by atoms with Crippen molar-refractivity contribution >= 4 is 0 Å². The molecule has 0 bridgehead atoms. The van der Waals surface area contributed by atoms with Crippen LogP contribution < -0.4 is 9.47 Å². The first-order chi connectivity index (χ1) is 22.1. The van der Waals surface area contributed by atoms with Crippen molar-refractivity contribution in [1.82, 2.24) is 4.98 Å². The molecule has 0 amide bonds. The molecule has 5 nitrogen and oxygen atoms in total. The summed E-state index contributed by atoms with van der Waals surface area (Å²) in [4.78, 5) is 4.56. The zero-order chi connectivity index (χ0) is 30.7. The van der Waals surface area contributed by atoms with E-state index in [0.29, 0.717) is 17.1 Å². The fourth-order valence-corrected chi connectivity index (χ4v) is 7.51. The average molecular weight is 590 g/mol. The van der Waals surface area contributed by atoms with Gasteiger partial charge in [0.15, 0.2) is 11.5 Å². The van der Waals surface area contributed by atoms with Gasteiger partial charge < -0.3 is 19.7 Å². The maximum atomic E-state index is 10.4. The molecule has 0 aliphatic heterocycles. The predicted molar refractivity (Wildman–Crippen MR) is 176 cm³/mol. The summed E-state index contributed by atoms with van der Waals surface area (Å²) in [5, 5.41) is 20.7. The van der Waals surface area contributed by atoms with Crippen LogP contribution in [0.1, 0.15) is 33.4 Å². The molecule has 0 fully saturated rings. The Morgan fingerprint density at radius 1 is 0.533 bits per heavy atom. The molecular weight excluding hydrogens is 558 g/mol. The fraction of sp³-hybridized carbons (Fsp3) is 0.125. The number of rotatable bonds is 6. The highest BCUT2D eigenvalue weighted by molar-refractivity contribution is 5.97. The van der Waals surface area contributed by atoms with Gasteiger partial charge in [-0.05, 0) is 109 Å². The molecule has 0 saturated carbocycles. The summed E-state index contributed by atoms with van der Waals surface area (Å²) in [5.41, 5.74) is 13.9. The van der Waals surface area contributed by atoms with Crippen LogP contribution in [0.3, 0.4) is 0 Å². The Morgan fingerprint density at radius 2 is 1.18 bits per heavy atom. The van der Waals surface area contributed by atoms with Crippen LogP contribution in [0.4, 0.5) is 0 Å². The van der Waals surface area contributed by atoms with Crippen LogP contribution in [0.15, 0.2) is 115 Å². The molecule has 8 rings (SSSR count). The van der Waals surface area contributed by atoms with Gasteiger partial charge in [0.2, 0.25) is 0 Å². The SMILES string of the molecule is COc1cc2c(cc1OC)C1(c3ccccc3-c3cc(-c4cccc(-c5ccccn5)c4)ccc31)c1cc(CO)c(CO)cc1-2. The van der Waals surface area contributed by atoms with Crippen molar-refractivity contribution in [3.05, 3.63) is 149 Å². The van der Waals surface area contributed by atoms with E-state index in [9.17, 15) is 10.2 Å². The Balaban J connectivity index is 1.42. The summed E-state index contributed by atoms with van der Waals surface area (Å²) in [7, 11) is 3.31. The normalized spacial score (nSPS) is 15.4. The maximum absolute atomic E-state index is 10.4. The first kappa shape index (κ1) is 27.3. The van der Waals surface area contributed by atoms with E-state index in [1.165, 1.54) is 16.7 Å². The largest absolute Gasteiger partial charge is 0.493 e. The second-order valence-corrected chi connectivity index (χ2v) is 11.6. The van der Waals surface area contributed by atoms with E-state index in [-0.39, 0.29) is 13.2 Å². The Morgan fingerprint density at radius 3 is 1.96 bits per heavy atom. The second kappa shape index (κ2) is 10.4. The van der Waals surface area contributed by atoms with Crippen LogP contribution in [0, 0.1) is 0 Å². The number of aliphatic hydroxyl groups excluding tert-OH is 2. The van der Waals surface area contributed by atoms with Crippen LogP contribution in [-0.4, -0.2) is 29.4 Å². The van der Waals surface area contributed by atoms with Crippen LogP contribution in [-0.2, 0) is 18.6 Å². The molecule has 5 heteroatoms. The number of benzene rings is 5. The number of fused-ring (bicyclic) bond motifs is 10. The van der Waals surface area contributed by atoms with Crippen molar-refractivity contribution < 1.29 is 19.7 Å². The average Bonchev–Trinajstić information content (AvgIpc) is 3.56. The molecular formula is C40H31NO4. The van der Waals surface area contributed by atoms with E-state index in [1.54, 1.807) is 14.2 Å². The van der Waals surface area contributed by atoms with Crippen LogP contribution in [0.5, 0.6) is 11.5 Å². The van der Waals surface area contributed by atoms with E-state index in [1.807, 2.05) is 36.5 Å². The Kier molecular flexibility index (Phi) is 6.34. The van der Waals surface area contributed by atoms with E-state index < -0.39 is 5.41 Å². The number of aliphatic hydroxyl groups is 2. The Labute approximate surface area is 262 Å². The highest BCUT2D eigenvalue weighted by atomic mass is 16.5. The second-order valence-electron chi connectivity index (χ2n) is 11.6. The third kappa shape index (κ3) is 3.84. The summed E-state index contributed by atoms with van der Waals surface area (Å²) in [6, 6.07) is 38.1. The Bertz CT molecular complexity index is 2060.